The lowest BCUT2D eigenvalue weighted by molar-refractivity contribution is 0.0526. The van der Waals surface area contributed by atoms with Crippen molar-refractivity contribution in [3.63, 3.8) is 0 Å². The van der Waals surface area contributed by atoms with Crippen LogP contribution in [0.25, 0.3) is 5.69 Å². The predicted molar refractivity (Wildman–Crippen MR) is 121 cm³/mol. The van der Waals surface area contributed by atoms with Gasteiger partial charge in [-0.25, -0.2) is 9.48 Å². The van der Waals surface area contributed by atoms with Gasteiger partial charge in [-0.2, -0.15) is 0 Å². The van der Waals surface area contributed by atoms with Gasteiger partial charge >= 0.3 is 5.97 Å². The van der Waals surface area contributed by atoms with Crippen LogP contribution in [0.4, 0.5) is 5.69 Å². The van der Waals surface area contributed by atoms with Gasteiger partial charge < -0.3 is 4.74 Å². The number of H-pyrrole nitrogens is 1. The average molecular weight is 487 g/mol. The van der Waals surface area contributed by atoms with Gasteiger partial charge in [-0.05, 0) is 44.2 Å². The van der Waals surface area contributed by atoms with Crippen molar-refractivity contribution < 1.29 is 9.53 Å². The summed E-state index contributed by atoms with van der Waals surface area (Å²) in [6.45, 7) is 3.64. The molecule has 6 nitrogen and oxygen atoms in total. The molecule has 1 N–H and O–H groups in total. The molecule has 156 valence electrons. The number of aliphatic imine (C=N–C) groups is 1. The van der Waals surface area contributed by atoms with Gasteiger partial charge in [0.1, 0.15) is 5.69 Å². The molecule has 0 saturated heterocycles. The number of esters is 1. The fraction of sp³-hybridized carbons (Fsp3) is 0.150. The van der Waals surface area contributed by atoms with Crippen molar-refractivity contribution >= 4 is 64.3 Å². The molecule has 30 heavy (non-hydrogen) atoms. The van der Waals surface area contributed by atoms with Crippen molar-refractivity contribution in [1.82, 2.24) is 9.78 Å². The van der Waals surface area contributed by atoms with Crippen molar-refractivity contribution in [2.45, 2.75) is 13.8 Å². The first-order valence-corrected chi connectivity index (χ1v) is 10.2. The van der Waals surface area contributed by atoms with Gasteiger partial charge in [0.05, 0.1) is 38.5 Å². The van der Waals surface area contributed by atoms with Crippen LogP contribution in [0.3, 0.4) is 0 Å². The summed E-state index contributed by atoms with van der Waals surface area (Å²) in [6, 6.07) is 7.63. The van der Waals surface area contributed by atoms with Crippen LogP contribution in [0, 0.1) is 6.92 Å². The Morgan fingerprint density at radius 1 is 1.13 bits per heavy atom. The maximum atomic E-state index is 12.9. The van der Waals surface area contributed by atoms with E-state index in [0.29, 0.717) is 22.0 Å². The fourth-order valence-corrected chi connectivity index (χ4v) is 3.90. The summed E-state index contributed by atoms with van der Waals surface area (Å²) < 4.78 is 6.21. The number of rotatable bonds is 5. The van der Waals surface area contributed by atoms with Crippen molar-refractivity contribution in [1.29, 1.82) is 0 Å². The molecule has 1 heterocycles. The molecule has 10 heteroatoms. The Bertz CT molecular complexity index is 1190. The summed E-state index contributed by atoms with van der Waals surface area (Å²) in [6.07, 6.45) is 1.39. The summed E-state index contributed by atoms with van der Waals surface area (Å²) in [5.74, 6) is -0.549. The van der Waals surface area contributed by atoms with Crippen LogP contribution in [-0.2, 0) is 4.74 Å². The summed E-state index contributed by atoms with van der Waals surface area (Å²) in [5, 5.41) is 3.97. The minimum Gasteiger partial charge on any atom is -0.462 e. The molecular weight excluding hydrogens is 472 g/mol. The second-order valence-corrected chi connectivity index (χ2v) is 7.81. The molecule has 0 saturated carbocycles. The molecule has 0 amide bonds. The Kier molecular flexibility index (Phi) is 6.93. The van der Waals surface area contributed by atoms with Crippen LogP contribution in [0.15, 0.2) is 40.1 Å². The van der Waals surface area contributed by atoms with E-state index >= 15 is 0 Å². The highest BCUT2D eigenvalue weighted by molar-refractivity contribution is 6.40. The number of nitrogens with one attached hydrogen (secondary N) is 1. The number of benzene rings is 2. The first kappa shape index (κ1) is 22.4. The number of nitrogens with zero attached hydrogens (tertiary/aromatic N) is 2. The first-order chi connectivity index (χ1) is 14.2. The van der Waals surface area contributed by atoms with Gasteiger partial charge in [0.15, 0.2) is 0 Å². The molecule has 0 aliphatic heterocycles. The van der Waals surface area contributed by atoms with E-state index in [1.54, 1.807) is 19.9 Å². The van der Waals surface area contributed by atoms with Crippen molar-refractivity contribution in [2.75, 3.05) is 6.61 Å². The Labute approximate surface area is 192 Å². The van der Waals surface area contributed by atoms with Crippen molar-refractivity contribution in [3.05, 3.63) is 77.6 Å². The number of hydrogen-bond donors (Lipinski definition) is 1. The number of ether oxygens (including phenoxy) is 1. The lowest BCUT2D eigenvalue weighted by atomic mass is 10.2. The molecule has 3 rings (SSSR count). The number of hydrogen-bond acceptors (Lipinski definition) is 4. The van der Waals surface area contributed by atoms with Gasteiger partial charge in [0.25, 0.3) is 5.56 Å². The van der Waals surface area contributed by atoms with Gasteiger partial charge in [0.2, 0.25) is 0 Å². The molecule has 0 spiro atoms. The molecule has 0 aliphatic rings. The highest BCUT2D eigenvalue weighted by Gasteiger charge is 2.17. The van der Waals surface area contributed by atoms with E-state index in [1.807, 2.05) is 0 Å². The standard InChI is InChI=1S/C20H15Cl4N3O3/c1-3-30-20(29)13-8-12(4-5-15(13)22)25-9-14-10(2)26-27(19(14)28)18-16(23)6-11(21)7-17(18)24/h4-9,26H,3H2,1-2H3. The van der Waals surface area contributed by atoms with Gasteiger partial charge in [-0.1, -0.05) is 46.4 Å². The minimum absolute atomic E-state index is 0.191. The highest BCUT2D eigenvalue weighted by Crippen LogP contribution is 2.31. The molecule has 0 aliphatic carbocycles. The Morgan fingerprint density at radius 3 is 2.43 bits per heavy atom. The summed E-state index contributed by atoms with van der Waals surface area (Å²) in [7, 11) is 0. The van der Waals surface area contributed by atoms with Crippen LogP contribution >= 0.6 is 46.4 Å². The molecule has 1 aromatic heterocycles. The van der Waals surface area contributed by atoms with E-state index in [-0.39, 0.29) is 32.9 Å². The maximum Gasteiger partial charge on any atom is 0.339 e. The maximum absolute atomic E-state index is 12.9. The monoisotopic (exact) mass is 485 g/mol. The van der Waals surface area contributed by atoms with E-state index in [2.05, 4.69) is 10.1 Å². The van der Waals surface area contributed by atoms with Crippen molar-refractivity contribution in [2.24, 2.45) is 4.99 Å². The van der Waals surface area contributed by atoms with E-state index in [1.165, 1.54) is 35.2 Å². The molecule has 0 fully saturated rings. The fourth-order valence-electron chi connectivity index (χ4n) is 2.72. The van der Waals surface area contributed by atoms with E-state index in [9.17, 15) is 9.59 Å². The molecule has 0 unspecified atom stereocenters. The average Bonchev–Trinajstić information content (AvgIpc) is 2.94. The quantitative estimate of drug-likeness (QED) is 0.354. The first-order valence-electron chi connectivity index (χ1n) is 8.70. The topological polar surface area (TPSA) is 76.4 Å². The van der Waals surface area contributed by atoms with E-state index in [4.69, 9.17) is 51.1 Å². The van der Waals surface area contributed by atoms with Crippen molar-refractivity contribution in [3.8, 4) is 5.69 Å². The van der Waals surface area contributed by atoms with E-state index in [0.717, 1.165) is 0 Å². The lowest BCUT2D eigenvalue weighted by Gasteiger charge is -2.07. The van der Waals surface area contributed by atoms with Gasteiger partial charge in [-0.3, -0.25) is 14.9 Å². The third kappa shape index (κ3) is 4.57. The molecule has 0 atom stereocenters. The Hall–Kier alpha value is -2.25. The summed E-state index contributed by atoms with van der Waals surface area (Å²) in [4.78, 5) is 29.2. The molecule has 3 aromatic rings. The number of carbonyl (C=O) groups is 1. The summed E-state index contributed by atoms with van der Waals surface area (Å²) >= 11 is 24.5. The number of aryl methyl sites for hydroxylation is 1. The highest BCUT2D eigenvalue weighted by atomic mass is 35.5. The number of aromatic nitrogens is 2. The predicted octanol–water partition coefficient (Wildman–Crippen LogP) is 6.01. The molecule has 0 radical (unpaired) electrons. The normalized spacial score (nSPS) is 11.3. The summed E-state index contributed by atoms with van der Waals surface area (Å²) in [5.41, 5.74) is 1.34. The smallest absolute Gasteiger partial charge is 0.339 e. The number of halogens is 4. The minimum atomic E-state index is -0.549. The van der Waals surface area contributed by atoms with Crippen LogP contribution < -0.4 is 5.56 Å². The van der Waals surface area contributed by atoms with Crippen LogP contribution in [0.2, 0.25) is 20.1 Å². The third-order valence-electron chi connectivity index (χ3n) is 4.11. The SMILES string of the molecule is CCOC(=O)c1cc(N=Cc2c(C)[nH]n(-c3c(Cl)cc(Cl)cc3Cl)c2=O)ccc1Cl. The third-order valence-corrected chi connectivity index (χ3v) is 5.23. The second kappa shape index (κ2) is 9.27. The molecular formula is C20H15Cl4N3O3. The zero-order valence-corrected chi connectivity index (χ0v) is 18.8. The zero-order valence-electron chi connectivity index (χ0n) is 15.8. The van der Waals surface area contributed by atoms with Crippen LogP contribution in [-0.4, -0.2) is 28.6 Å². The number of carbonyl (C=O) groups excluding carboxylic acids is 1. The van der Waals surface area contributed by atoms with E-state index < -0.39 is 11.5 Å². The van der Waals surface area contributed by atoms with Gasteiger partial charge in [-0.15, -0.1) is 0 Å². The van der Waals surface area contributed by atoms with Crippen LogP contribution in [0.5, 0.6) is 0 Å². The van der Waals surface area contributed by atoms with Crippen LogP contribution in [0.1, 0.15) is 28.5 Å². The number of aromatic amines is 1. The Morgan fingerprint density at radius 2 is 1.80 bits per heavy atom. The zero-order chi connectivity index (χ0) is 22.0. The largest absolute Gasteiger partial charge is 0.462 e. The lowest BCUT2D eigenvalue weighted by Crippen LogP contribution is -2.18. The van der Waals surface area contributed by atoms with Gasteiger partial charge in [0, 0.05) is 16.9 Å². The second-order valence-electron chi connectivity index (χ2n) is 6.15. The Balaban J connectivity index is 2.00. The molecule has 0 bridgehead atoms. The molecule has 2 aromatic carbocycles.